The molecule has 1 fully saturated rings. The number of nitrogens with two attached hydrogens (primary N) is 2. The predicted octanol–water partition coefficient (Wildman–Crippen LogP) is 2.81. The van der Waals surface area contributed by atoms with Crippen LogP contribution < -0.4 is 21.9 Å². The van der Waals surface area contributed by atoms with Crippen molar-refractivity contribution in [2.24, 2.45) is 5.73 Å². The van der Waals surface area contributed by atoms with Crippen LogP contribution >= 0.6 is 0 Å². The summed E-state index contributed by atoms with van der Waals surface area (Å²) in [6.45, 7) is 2.97. The molecule has 1 saturated carbocycles. The smallest absolute Gasteiger partial charge is 0.405 e. The molecule has 1 aliphatic rings. The Labute approximate surface area is 172 Å². The van der Waals surface area contributed by atoms with Crippen molar-refractivity contribution in [2.75, 3.05) is 12.3 Å². The van der Waals surface area contributed by atoms with E-state index in [0.717, 1.165) is 30.3 Å². The minimum absolute atomic E-state index is 0.0328. The maximum atomic E-state index is 13.1. The number of rotatable bonds is 6. The molecule has 30 heavy (non-hydrogen) atoms. The van der Waals surface area contributed by atoms with Crippen LogP contribution in [0.4, 0.5) is 19.0 Å². The van der Waals surface area contributed by atoms with Crippen LogP contribution in [0.3, 0.4) is 0 Å². The Morgan fingerprint density at radius 1 is 1.23 bits per heavy atom. The zero-order valence-electron chi connectivity index (χ0n) is 16.7. The van der Waals surface area contributed by atoms with Crippen LogP contribution in [0.5, 0.6) is 5.75 Å². The first kappa shape index (κ1) is 22.1. The lowest BCUT2D eigenvalue weighted by Gasteiger charge is -2.35. The van der Waals surface area contributed by atoms with Gasteiger partial charge in [0.2, 0.25) is 0 Å². The molecule has 1 aliphatic carbocycles. The van der Waals surface area contributed by atoms with Crippen molar-refractivity contribution in [2.45, 2.75) is 57.6 Å². The van der Waals surface area contributed by atoms with Crippen molar-refractivity contribution in [3.05, 3.63) is 46.5 Å². The molecule has 3 rings (SSSR count). The molecule has 10 heteroatoms. The molecule has 164 valence electrons. The van der Waals surface area contributed by atoms with Gasteiger partial charge in [0.1, 0.15) is 11.6 Å². The van der Waals surface area contributed by atoms with Gasteiger partial charge < -0.3 is 16.2 Å². The Balaban J connectivity index is 1.91. The van der Waals surface area contributed by atoms with Crippen LogP contribution in [0.15, 0.2) is 35.3 Å². The summed E-state index contributed by atoms with van der Waals surface area (Å²) >= 11 is 0. The number of ether oxygens (including phenoxy) is 1. The van der Waals surface area contributed by atoms with Gasteiger partial charge in [0.15, 0.2) is 0 Å². The lowest BCUT2D eigenvalue weighted by atomic mass is 9.90. The topological polar surface area (TPSA) is 99.4 Å². The maximum Gasteiger partial charge on any atom is 0.573 e. The van der Waals surface area contributed by atoms with E-state index in [0.29, 0.717) is 18.7 Å². The summed E-state index contributed by atoms with van der Waals surface area (Å²) in [7, 11) is 0. The van der Waals surface area contributed by atoms with E-state index in [1.807, 2.05) is 6.92 Å². The van der Waals surface area contributed by atoms with Crippen LogP contribution in [0.2, 0.25) is 0 Å². The summed E-state index contributed by atoms with van der Waals surface area (Å²) in [5.41, 5.74) is 11.4. The number of alkyl halides is 3. The molecule has 1 aromatic heterocycles. The van der Waals surface area contributed by atoms with Gasteiger partial charge in [-0.1, -0.05) is 13.0 Å². The van der Waals surface area contributed by atoms with E-state index in [1.165, 1.54) is 18.3 Å². The Morgan fingerprint density at radius 3 is 2.53 bits per heavy atom. The maximum absolute atomic E-state index is 13.1. The van der Waals surface area contributed by atoms with Gasteiger partial charge >= 0.3 is 12.1 Å². The van der Waals surface area contributed by atoms with Crippen LogP contribution in [0.1, 0.15) is 38.2 Å². The molecule has 1 heterocycles. The molecule has 4 N–H and O–H groups in total. The minimum atomic E-state index is -4.85. The Morgan fingerprint density at radius 2 is 1.93 bits per heavy atom. The highest BCUT2D eigenvalue weighted by Crippen LogP contribution is 2.31. The summed E-state index contributed by atoms with van der Waals surface area (Å²) in [5, 5.41) is 0. The first-order chi connectivity index (χ1) is 14.2. The number of hydrogen-bond acceptors (Lipinski definition) is 6. The molecule has 0 saturated heterocycles. The second kappa shape index (κ2) is 9.05. The molecule has 2 aromatic rings. The summed E-state index contributed by atoms with van der Waals surface area (Å²) < 4.78 is 44.6. The first-order valence-corrected chi connectivity index (χ1v) is 9.90. The quantitative estimate of drug-likeness (QED) is 0.738. The average Bonchev–Trinajstić information content (AvgIpc) is 2.67. The number of nitrogens with zero attached hydrogens (tertiary/aromatic N) is 3. The Bertz CT molecular complexity index is 923. The molecule has 0 unspecified atom stereocenters. The van der Waals surface area contributed by atoms with E-state index in [9.17, 15) is 18.0 Å². The average molecular weight is 425 g/mol. The molecule has 0 radical (unpaired) electrons. The van der Waals surface area contributed by atoms with Crippen molar-refractivity contribution in [3.63, 3.8) is 0 Å². The minimum Gasteiger partial charge on any atom is -0.405 e. The molecule has 0 atom stereocenters. The number of benzene rings is 1. The lowest BCUT2D eigenvalue weighted by molar-refractivity contribution is -0.275. The second-order valence-electron chi connectivity index (χ2n) is 7.48. The third kappa shape index (κ3) is 5.51. The molecule has 7 nitrogen and oxygen atoms in total. The third-order valence-corrected chi connectivity index (χ3v) is 5.42. The van der Waals surface area contributed by atoms with Crippen molar-refractivity contribution in [1.29, 1.82) is 0 Å². The van der Waals surface area contributed by atoms with Crippen molar-refractivity contribution >= 4 is 5.82 Å². The monoisotopic (exact) mass is 425 g/mol. The van der Waals surface area contributed by atoms with Gasteiger partial charge in [-0.15, -0.1) is 13.2 Å². The molecule has 1 aromatic carbocycles. The van der Waals surface area contributed by atoms with Gasteiger partial charge in [0.25, 0.3) is 0 Å². The van der Waals surface area contributed by atoms with E-state index in [-0.39, 0.29) is 29.3 Å². The van der Waals surface area contributed by atoms with E-state index in [2.05, 4.69) is 14.6 Å². The summed E-state index contributed by atoms with van der Waals surface area (Å²) in [4.78, 5) is 17.8. The number of aromatic nitrogens is 2. The summed E-state index contributed by atoms with van der Waals surface area (Å²) in [6, 6.07) is 6.17. The molecular weight excluding hydrogens is 399 g/mol. The second-order valence-corrected chi connectivity index (χ2v) is 7.48. The van der Waals surface area contributed by atoms with Crippen LogP contribution in [-0.4, -0.2) is 39.4 Å². The van der Waals surface area contributed by atoms with Crippen molar-refractivity contribution < 1.29 is 17.9 Å². The number of halogens is 3. The summed E-state index contributed by atoms with van der Waals surface area (Å²) in [5.74, 6) is -0.305. The van der Waals surface area contributed by atoms with E-state index < -0.39 is 12.1 Å². The first-order valence-electron chi connectivity index (χ1n) is 9.90. The zero-order chi connectivity index (χ0) is 21.9. The fourth-order valence-corrected chi connectivity index (χ4v) is 3.84. The predicted molar refractivity (Wildman–Crippen MR) is 107 cm³/mol. The number of anilines is 1. The normalized spacial score (nSPS) is 19.8. The van der Waals surface area contributed by atoms with Gasteiger partial charge in [0, 0.05) is 36.5 Å². The van der Waals surface area contributed by atoms with Crippen LogP contribution in [-0.2, 0) is 6.54 Å². The fraction of sp³-hybridized carbons (Fsp3) is 0.500. The molecule has 0 amide bonds. The van der Waals surface area contributed by atoms with Gasteiger partial charge in [-0.25, -0.2) is 4.79 Å². The summed E-state index contributed by atoms with van der Waals surface area (Å²) in [6.07, 6.45) is 0.134. The third-order valence-electron chi connectivity index (χ3n) is 5.42. The SMILES string of the molecule is CCN(Cc1ccc(-n2ccc(N)nc2=O)cc1OC(F)(F)F)[C@H]1CC[C@H](N)CC1. The highest BCUT2D eigenvalue weighted by Gasteiger charge is 2.33. The van der Waals surface area contributed by atoms with Crippen molar-refractivity contribution in [1.82, 2.24) is 14.5 Å². The van der Waals surface area contributed by atoms with E-state index >= 15 is 0 Å². The number of hydrogen-bond donors (Lipinski definition) is 2. The van der Waals surface area contributed by atoms with Gasteiger partial charge in [-0.3, -0.25) is 9.47 Å². The fourth-order valence-electron chi connectivity index (χ4n) is 3.84. The molecular formula is C20H26F3N5O2. The molecule has 0 bridgehead atoms. The highest BCUT2D eigenvalue weighted by atomic mass is 19.4. The lowest BCUT2D eigenvalue weighted by Crippen LogP contribution is -2.40. The Kier molecular flexibility index (Phi) is 6.67. The van der Waals surface area contributed by atoms with E-state index in [4.69, 9.17) is 11.5 Å². The van der Waals surface area contributed by atoms with Gasteiger partial charge in [-0.05, 0) is 44.4 Å². The van der Waals surface area contributed by atoms with Gasteiger partial charge in [-0.2, -0.15) is 4.98 Å². The highest BCUT2D eigenvalue weighted by molar-refractivity contribution is 5.45. The molecule has 0 spiro atoms. The standard InChI is InChI=1S/C20H26F3N5O2/c1-2-27(15-7-4-14(24)5-8-15)12-13-3-6-16(11-17(13)30-20(21,22)23)28-10-9-18(25)26-19(28)29/h3,6,9-11,14-15H,2,4-5,7-8,12,24H2,1H3,(H2,25,26,29)/t14-,15-. The van der Waals surface area contributed by atoms with Crippen LogP contribution in [0.25, 0.3) is 5.69 Å². The van der Waals surface area contributed by atoms with Gasteiger partial charge in [0.05, 0.1) is 5.69 Å². The zero-order valence-corrected chi connectivity index (χ0v) is 16.7. The van der Waals surface area contributed by atoms with Crippen molar-refractivity contribution in [3.8, 4) is 11.4 Å². The largest absolute Gasteiger partial charge is 0.573 e. The molecule has 0 aliphatic heterocycles. The number of nitrogen functional groups attached to an aromatic ring is 1. The van der Waals surface area contributed by atoms with E-state index in [1.54, 1.807) is 12.1 Å². The Hall–Kier alpha value is -2.59. The van der Waals surface area contributed by atoms with Crippen LogP contribution in [0, 0.1) is 0 Å².